The first kappa shape index (κ1) is 25.6. The summed E-state index contributed by atoms with van der Waals surface area (Å²) in [4.78, 5) is 16.6. The van der Waals surface area contributed by atoms with Gasteiger partial charge in [0, 0.05) is 60.4 Å². The number of hydrogen-bond donors (Lipinski definition) is 1. The Morgan fingerprint density at radius 2 is 1.83 bits per heavy atom. The second-order valence-corrected chi connectivity index (χ2v) is 12.4. The number of anilines is 2. The molecular weight excluding hydrogens is 542 g/mol. The van der Waals surface area contributed by atoms with Crippen molar-refractivity contribution in [2.24, 2.45) is 0 Å². The van der Waals surface area contributed by atoms with Gasteiger partial charge in [-0.25, -0.2) is 9.97 Å². The van der Waals surface area contributed by atoms with E-state index in [1.165, 1.54) is 27.3 Å². The molecule has 1 aliphatic carbocycles. The molecule has 0 unspecified atom stereocenters. The highest BCUT2D eigenvalue weighted by atomic mass is 32.1. The van der Waals surface area contributed by atoms with Gasteiger partial charge in [0.15, 0.2) is 0 Å². The van der Waals surface area contributed by atoms with E-state index in [1.54, 1.807) is 17.7 Å². The first-order valence-corrected chi connectivity index (χ1v) is 15.5. The lowest BCUT2D eigenvalue weighted by atomic mass is 9.95. The Bertz CT molecular complexity index is 1880. The van der Waals surface area contributed by atoms with Crippen molar-refractivity contribution in [3.05, 3.63) is 84.1 Å². The van der Waals surface area contributed by atoms with E-state index in [-0.39, 0.29) is 0 Å². The largest absolute Gasteiger partial charge is 0.340 e. The van der Waals surface area contributed by atoms with Crippen LogP contribution in [0.4, 0.5) is 11.5 Å². The molecule has 9 nitrogen and oxygen atoms in total. The van der Waals surface area contributed by atoms with Crippen LogP contribution in [0.5, 0.6) is 0 Å². The Labute approximate surface area is 248 Å². The number of fused-ring (bicyclic) bond motifs is 6. The molecule has 0 amide bonds. The molecule has 0 saturated carbocycles. The maximum Gasteiger partial charge on any atom is 0.142 e. The molecule has 8 rings (SSSR count). The number of aromatic nitrogens is 6. The van der Waals surface area contributed by atoms with E-state index >= 15 is 0 Å². The van der Waals surface area contributed by atoms with Crippen LogP contribution in [-0.4, -0.2) is 79.1 Å². The summed E-state index contributed by atoms with van der Waals surface area (Å²) in [5.74, 6) is 0.861. The third-order valence-corrected chi connectivity index (χ3v) is 9.78. The molecule has 1 saturated heterocycles. The Morgan fingerprint density at radius 1 is 0.952 bits per heavy atom. The van der Waals surface area contributed by atoms with Gasteiger partial charge in [-0.05, 0) is 49.2 Å². The summed E-state index contributed by atoms with van der Waals surface area (Å²) < 4.78 is 4.20. The molecule has 212 valence electrons. The van der Waals surface area contributed by atoms with Crippen LogP contribution in [0.25, 0.3) is 31.6 Å². The quantitative estimate of drug-likeness (QED) is 0.286. The predicted molar refractivity (Wildman–Crippen MR) is 169 cm³/mol. The maximum atomic E-state index is 4.99. The number of likely N-dealkylation sites (N-methyl/N-ethyl adjacent to an activating group) is 1. The van der Waals surface area contributed by atoms with Crippen LogP contribution in [0.2, 0.25) is 0 Å². The van der Waals surface area contributed by atoms with Crippen LogP contribution in [-0.2, 0) is 25.9 Å². The number of benzene rings is 2. The lowest BCUT2D eigenvalue weighted by molar-refractivity contribution is 0.148. The summed E-state index contributed by atoms with van der Waals surface area (Å²) in [5.41, 5.74) is 7.14. The van der Waals surface area contributed by atoms with Crippen molar-refractivity contribution in [3.63, 3.8) is 0 Å². The van der Waals surface area contributed by atoms with Gasteiger partial charge in [-0.2, -0.15) is 10.2 Å². The molecule has 1 aliphatic heterocycles. The van der Waals surface area contributed by atoms with Gasteiger partial charge in [0.05, 0.1) is 35.9 Å². The second kappa shape index (κ2) is 10.6. The molecule has 4 aromatic heterocycles. The minimum Gasteiger partial charge on any atom is -0.340 e. The number of nitrogens with zero attached hydrogens (tertiary/aromatic N) is 8. The summed E-state index contributed by atoms with van der Waals surface area (Å²) in [7, 11) is 2.20. The van der Waals surface area contributed by atoms with Crippen LogP contribution in [0.3, 0.4) is 0 Å². The fraction of sp³-hybridized carbons (Fsp3) is 0.312. The Balaban J connectivity index is 1.05. The van der Waals surface area contributed by atoms with Crippen molar-refractivity contribution in [3.8, 4) is 10.4 Å². The predicted octanol–water partition coefficient (Wildman–Crippen LogP) is 5.04. The molecule has 1 fully saturated rings. The lowest BCUT2D eigenvalue weighted by Gasteiger charge is -2.32. The van der Waals surface area contributed by atoms with Crippen molar-refractivity contribution in [2.45, 2.75) is 25.9 Å². The van der Waals surface area contributed by atoms with E-state index in [1.807, 2.05) is 12.3 Å². The summed E-state index contributed by atoms with van der Waals surface area (Å²) in [5, 5.41) is 15.5. The number of nitrogens with one attached hydrogen (secondary N) is 1. The smallest absolute Gasteiger partial charge is 0.142 e. The average molecular weight is 576 g/mol. The van der Waals surface area contributed by atoms with Crippen LogP contribution in [0.15, 0.2) is 67.3 Å². The van der Waals surface area contributed by atoms with Crippen molar-refractivity contribution >= 4 is 44.0 Å². The normalized spacial score (nSPS) is 15.7. The molecule has 0 bridgehead atoms. The van der Waals surface area contributed by atoms with Gasteiger partial charge in [0.1, 0.15) is 17.0 Å². The molecule has 10 heteroatoms. The van der Waals surface area contributed by atoms with Crippen LogP contribution >= 0.6 is 11.3 Å². The van der Waals surface area contributed by atoms with Crippen LogP contribution < -0.4 is 5.32 Å². The molecule has 0 spiro atoms. The molecule has 6 aromatic rings. The number of rotatable bonds is 7. The minimum absolute atomic E-state index is 0.749. The van der Waals surface area contributed by atoms with Gasteiger partial charge in [-0.3, -0.25) is 14.3 Å². The summed E-state index contributed by atoms with van der Waals surface area (Å²) >= 11 is 1.76. The van der Waals surface area contributed by atoms with Gasteiger partial charge in [0.25, 0.3) is 0 Å². The van der Waals surface area contributed by atoms with Gasteiger partial charge in [0.2, 0.25) is 0 Å². The number of thiophene rings is 1. The minimum atomic E-state index is 0.749. The number of piperazine rings is 1. The average Bonchev–Trinajstić information content (AvgIpc) is 3.72. The molecule has 0 atom stereocenters. The molecule has 5 heterocycles. The zero-order valence-corrected chi connectivity index (χ0v) is 24.5. The molecule has 2 aromatic carbocycles. The monoisotopic (exact) mass is 575 g/mol. The van der Waals surface area contributed by atoms with E-state index in [2.05, 4.69) is 90.3 Å². The first-order chi connectivity index (χ1) is 20.7. The molecule has 42 heavy (non-hydrogen) atoms. The second-order valence-electron chi connectivity index (χ2n) is 11.4. The zero-order valence-electron chi connectivity index (χ0n) is 23.7. The summed E-state index contributed by atoms with van der Waals surface area (Å²) in [6, 6.07) is 16.8. The van der Waals surface area contributed by atoms with Crippen LogP contribution in [0.1, 0.15) is 16.8 Å². The van der Waals surface area contributed by atoms with E-state index in [4.69, 9.17) is 10.1 Å². The zero-order chi connectivity index (χ0) is 28.0. The third-order valence-electron chi connectivity index (χ3n) is 8.60. The van der Waals surface area contributed by atoms with Gasteiger partial charge >= 0.3 is 0 Å². The lowest BCUT2D eigenvalue weighted by Crippen LogP contribution is -2.45. The van der Waals surface area contributed by atoms with Crippen molar-refractivity contribution in [1.82, 2.24) is 39.3 Å². The van der Waals surface area contributed by atoms with Crippen molar-refractivity contribution in [2.75, 3.05) is 45.1 Å². The van der Waals surface area contributed by atoms with Crippen molar-refractivity contribution in [1.29, 1.82) is 0 Å². The third kappa shape index (κ3) is 4.75. The molecule has 0 radical (unpaired) electrons. The van der Waals surface area contributed by atoms with E-state index in [9.17, 15) is 0 Å². The highest BCUT2D eigenvalue weighted by molar-refractivity contribution is 7.22. The summed E-state index contributed by atoms with van der Waals surface area (Å²) in [6.45, 7) is 7.27. The maximum absolute atomic E-state index is 4.99. The fourth-order valence-corrected chi connectivity index (χ4v) is 7.46. The fourth-order valence-electron chi connectivity index (χ4n) is 6.23. The van der Waals surface area contributed by atoms with E-state index in [0.29, 0.717) is 0 Å². The topological polar surface area (TPSA) is 79.9 Å². The van der Waals surface area contributed by atoms with Crippen molar-refractivity contribution < 1.29 is 0 Å². The summed E-state index contributed by atoms with van der Waals surface area (Å²) in [6.07, 6.45) is 7.75. The standard InChI is InChI=1S/C32H33N9S/c1-38-11-13-39(14-12-38)15-16-40-20-26-27(37-40)9-8-25-29-31(33-21-34-32(29)42-30(25)26)36-24-7-10-28-23(17-24)18-35-41(28)19-22-5-3-2-4-6-22/h2-7,10,17-18,20-21H,8-9,11-16,19H2,1H3,(H,33,34,36). The first-order valence-electron chi connectivity index (χ1n) is 14.7. The van der Waals surface area contributed by atoms with E-state index < -0.39 is 0 Å². The Kier molecular flexibility index (Phi) is 6.46. The Morgan fingerprint density at radius 3 is 2.71 bits per heavy atom. The highest BCUT2D eigenvalue weighted by Gasteiger charge is 2.26. The van der Waals surface area contributed by atoms with E-state index in [0.717, 1.165) is 91.3 Å². The van der Waals surface area contributed by atoms with Gasteiger partial charge in [-0.15, -0.1) is 11.3 Å². The number of hydrogen-bond acceptors (Lipinski definition) is 8. The highest BCUT2D eigenvalue weighted by Crippen LogP contribution is 2.45. The SMILES string of the molecule is CN1CCN(CCn2cc3c(n2)CCc2c-3sc3ncnc(Nc4ccc5c(cnn5Cc5ccccc5)c4)c23)CC1. The molecular formula is C32H33N9S. The molecule has 2 aliphatic rings. The van der Waals surface area contributed by atoms with Gasteiger partial charge < -0.3 is 10.2 Å². The number of aryl methyl sites for hydroxylation is 2. The van der Waals surface area contributed by atoms with Gasteiger partial charge in [-0.1, -0.05) is 30.3 Å². The Hall–Kier alpha value is -4.12. The molecule has 1 N–H and O–H groups in total. The van der Waals surface area contributed by atoms with Crippen LogP contribution in [0, 0.1) is 0 Å².